The Labute approximate surface area is 181 Å². The van der Waals surface area contributed by atoms with Crippen molar-refractivity contribution >= 4 is 61.8 Å². The average Bonchev–Trinajstić information content (AvgIpc) is 3.47. The van der Waals surface area contributed by atoms with Crippen LogP contribution in [0.4, 0.5) is 5.69 Å². The molecule has 0 radical (unpaired) electrons. The highest BCUT2D eigenvalue weighted by Crippen LogP contribution is 2.45. The second-order valence-corrected chi connectivity index (χ2v) is 9.90. The molecule has 0 aromatic carbocycles. The molecule has 6 nitrogen and oxygen atoms in total. The number of primary amides is 1. The number of nitrogens with one attached hydrogen (secondary N) is 1. The SMILES string of the molecule is NC(=O)c1sc2nc3c(c(-c4cccs4)c2c1N)CN(C(=S)NC1CCCC1)C3. The number of thiocarbonyl (C=S) groups is 1. The van der Waals surface area contributed by atoms with Gasteiger partial charge in [-0.1, -0.05) is 18.9 Å². The summed E-state index contributed by atoms with van der Waals surface area (Å²) in [5.41, 5.74) is 15.5. The van der Waals surface area contributed by atoms with Crippen molar-refractivity contribution in [3.8, 4) is 10.4 Å². The maximum absolute atomic E-state index is 11.8. The molecular weight excluding hydrogens is 422 g/mol. The zero-order chi connectivity index (χ0) is 20.1. The first-order valence-electron chi connectivity index (χ1n) is 9.65. The maximum Gasteiger partial charge on any atom is 0.260 e. The van der Waals surface area contributed by atoms with Crippen molar-refractivity contribution in [2.24, 2.45) is 5.73 Å². The Kier molecular flexibility index (Phi) is 4.68. The zero-order valence-corrected chi connectivity index (χ0v) is 18.2. The van der Waals surface area contributed by atoms with Gasteiger partial charge in [0, 0.05) is 34.0 Å². The van der Waals surface area contributed by atoms with Gasteiger partial charge in [0.25, 0.3) is 5.91 Å². The fourth-order valence-corrected chi connectivity index (χ4v) is 6.40. The van der Waals surface area contributed by atoms with Crippen molar-refractivity contribution in [2.75, 3.05) is 5.73 Å². The lowest BCUT2D eigenvalue weighted by Gasteiger charge is -2.23. The van der Waals surface area contributed by atoms with E-state index in [-0.39, 0.29) is 0 Å². The van der Waals surface area contributed by atoms with Crippen LogP contribution < -0.4 is 16.8 Å². The molecule has 5 N–H and O–H groups in total. The molecule has 1 aliphatic carbocycles. The summed E-state index contributed by atoms with van der Waals surface area (Å²) in [4.78, 5) is 21.1. The number of fused-ring (bicyclic) bond motifs is 2. The number of rotatable bonds is 3. The van der Waals surface area contributed by atoms with Crippen LogP contribution in [0.25, 0.3) is 20.7 Å². The van der Waals surface area contributed by atoms with Gasteiger partial charge in [0.05, 0.1) is 17.9 Å². The molecule has 2 aliphatic rings. The molecule has 0 atom stereocenters. The Morgan fingerprint density at radius 1 is 1.31 bits per heavy atom. The molecular formula is C20H21N5OS3. The number of hydrogen-bond acceptors (Lipinski definition) is 6. The van der Waals surface area contributed by atoms with E-state index < -0.39 is 5.91 Å². The van der Waals surface area contributed by atoms with Crippen LogP contribution in [0, 0.1) is 0 Å². The predicted molar refractivity (Wildman–Crippen MR) is 123 cm³/mol. The lowest BCUT2D eigenvalue weighted by molar-refractivity contribution is 0.100. The highest BCUT2D eigenvalue weighted by Gasteiger charge is 2.31. The summed E-state index contributed by atoms with van der Waals surface area (Å²) in [6, 6.07) is 4.58. The summed E-state index contributed by atoms with van der Waals surface area (Å²) >= 11 is 8.64. The van der Waals surface area contributed by atoms with Crippen LogP contribution in [0.5, 0.6) is 0 Å². The highest BCUT2D eigenvalue weighted by molar-refractivity contribution is 7.80. The van der Waals surface area contributed by atoms with Crippen molar-refractivity contribution in [3.63, 3.8) is 0 Å². The molecule has 29 heavy (non-hydrogen) atoms. The summed E-state index contributed by atoms with van der Waals surface area (Å²) in [5, 5.41) is 7.20. The van der Waals surface area contributed by atoms with Crippen molar-refractivity contribution in [1.29, 1.82) is 0 Å². The minimum Gasteiger partial charge on any atom is -0.397 e. The molecule has 0 saturated heterocycles. The lowest BCUT2D eigenvalue weighted by Crippen LogP contribution is -2.41. The predicted octanol–water partition coefficient (Wildman–Crippen LogP) is 3.84. The van der Waals surface area contributed by atoms with Crippen LogP contribution in [-0.2, 0) is 13.1 Å². The Morgan fingerprint density at radius 2 is 2.10 bits per heavy atom. The monoisotopic (exact) mass is 443 g/mol. The smallest absolute Gasteiger partial charge is 0.260 e. The van der Waals surface area contributed by atoms with E-state index in [1.165, 1.54) is 37.0 Å². The van der Waals surface area contributed by atoms with E-state index in [1.807, 2.05) is 11.4 Å². The third-order valence-electron chi connectivity index (χ3n) is 5.71. The number of nitrogens with zero attached hydrogens (tertiary/aromatic N) is 2. The Bertz CT molecular complexity index is 1120. The van der Waals surface area contributed by atoms with E-state index in [0.29, 0.717) is 29.7 Å². The van der Waals surface area contributed by atoms with Crippen LogP contribution in [0.2, 0.25) is 0 Å². The van der Waals surface area contributed by atoms with Gasteiger partial charge >= 0.3 is 0 Å². The molecule has 0 bridgehead atoms. The molecule has 9 heteroatoms. The number of pyridine rings is 1. The summed E-state index contributed by atoms with van der Waals surface area (Å²) in [5.74, 6) is -0.508. The first kappa shape index (κ1) is 18.8. The molecule has 0 unspecified atom stereocenters. The molecule has 4 heterocycles. The average molecular weight is 444 g/mol. The van der Waals surface area contributed by atoms with Gasteiger partial charge in [-0.2, -0.15) is 0 Å². The minimum atomic E-state index is -0.508. The standard InChI is InChI=1S/C20H21N5OS3/c21-16-15-14(13-6-3-7-28-13)11-8-25(20(27)23-10-4-1-2-5-10)9-12(11)24-19(15)29-17(16)18(22)26/h3,6-7,10H,1-2,4-5,8-9,21H2,(H2,22,26)(H,23,27). The second kappa shape index (κ2) is 7.23. The summed E-state index contributed by atoms with van der Waals surface area (Å²) in [6.45, 7) is 1.34. The normalized spacial score (nSPS) is 16.5. The molecule has 150 valence electrons. The number of nitrogens with two attached hydrogens (primary N) is 2. The Morgan fingerprint density at radius 3 is 2.79 bits per heavy atom. The number of carbonyl (C=O) groups is 1. The number of nitrogen functional groups attached to an aromatic ring is 1. The Balaban J connectivity index is 1.58. The number of anilines is 1. The first-order chi connectivity index (χ1) is 14.0. The number of amides is 1. The molecule has 1 saturated carbocycles. The zero-order valence-electron chi connectivity index (χ0n) is 15.7. The van der Waals surface area contributed by atoms with Crippen LogP contribution in [0.15, 0.2) is 17.5 Å². The molecule has 5 rings (SSSR count). The molecule has 1 amide bonds. The fraction of sp³-hybridized carbons (Fsp3) is 0.350. The maximum atomic E-state index is 11.8. The molecule has 3 aromatic rings. The molecule has 1 fully saturated rings. The summed E-state index contributed by atoms with van der Waals surface area (Å²) in [7, 11) is 0. The van der Waals surface area contributed by atoms with E-state index in [0.717, 1.165) is 37.0 Å². The topological polar surface area (TPSA) is 97.3 Å². The quantitative estimate of drug-likeness (QED) is 0.532. The minimum absolute atomic E-state index is 0.379. The van der Waals surface area contributed by atoms with E-state index in [2.05, 4.69) is 16.3 Å². The largest absolute Gasteiger partial charge is 0.397 e. The van der Waals surface area contributed by atoms with Gasteiger partial charge < -0.3 is 21.7 Å². The first-order valence-corrected chi connectivity index (χ1v) is 11.8. The van der Waals surface area contributed by atoms with Crippen molar-refractivity contribution < 1.29 is 4.79 Å². The number of thiophene rings is 2. The van der Waals surface area contributed by atoms with Gasteiger partial charge in [-0.15, -0.1) is 22.7 Å². The van der Waals surface area contributed by atoms with Gasteiger partial charge in [0.1, 0.15) is 9.71 Å². The van der Waals surface area contributed by atoms with Crippen molar-refractivity contribution in [3.05, 3.63) is 33.6 Å². The van der Waals surface area contributed by atoms with E-state index in [9.17, 15) is 4.79 Å². The third-order valence-corrected chi connectivity index (χ3v) is 8.09. The van der Waals surface area contributed by atoms with Crippen LogP contribution >= 0.6 is 34.9 Å². The van der Waals surface area contributed by atoms with E-state index in [4.69, 9.17) is 28.7 Å². The molecule has 0 spiro atoms. The lowest BCUT2D eigenvalue weighted by atomic mass is 10.0. The van der Waals surface area contributed by atoms with Crippen LogP contribution in [0.1, 0.15) is 46.6 Å². The van der Waals surface area contributed by atoms with Gasteiger partial charge in [-0.05, 0) is 36.5 Å². The van der Waals surface area contributed by atoms with Gasteiger partial charge in [-0.3, -0.25) is 4.79 Å². The summed E-state index contributed by atoms with van der Waals surface area (Å²) < 4.78 is 0. The number of aromatic nitrogens is 1. The van der Waals surface area contributed by atoms with Crippen LogP contribution in [0.3, 0.4) is 0 Å². The van der Waals surface area contributed by atoms with Gasteiger partial charge in [-0.25, -0.2) is 4.98 Å². The highest BCUT2D eigenvalue weighted by atomic mass is 32.1. The van der Waals surface area contributed by atoms with Crippen molar-refractivity contribution in [1.82, 2.24) is 15.2 Å². The number of carbonyl (C=O) groups excluding carboxylic acids is 1. The number of hydrogen-bond donors (Lipinski definition) is 3. The second-order valence-electron chi connectivity index (χ2n) is 7.57. The molecule has 3 aromatic heterocycles. The van der Waals surface area contributed by atoms with Crippen molar-refractivity contribution in [2.45, 2.75) is 44.8 Å². The van der Waals surface area contributed by atoms with Gasteiger partial charge in [0.15, 0.2) is 5.11 Å². The third kappa shape index (κ3) is 3.17. The van der Waals surface area contributed by atoms with E-state index >= 15 is 0 Å². The van der Waals surface area contributed by atoms with E-state index in [1.54, 1.807) is 11.3 Å². The molecule has 1 aliphatic heterocycles. The van der Waals surface area contributed by atoms with Gasteiger partial charge in [0.2, 0.25) is 0 Å². The summed E-state index contributed by atoms with van der Waals surface area (Å²) in [6.07, 6.45) is 4.90. The van der Waals surface area contributed by atoms with Crippen LogP contribution in [-0.4, -0.2) is 26.9 Å². The Hall–Kier alpha value is -2.23. The fourth-order valence-electron chi connectivity index (χ4n) is 4.32.